The van der Waals surface area contributed by atoms with Crippen molar-refractivity contribution in [2.75, 3.05) is 50.9 Å². The average molecular weight is 619 g/mol. The summed E-state index contributed by atoms with van der Waals surface area (Å²) in [5.41, 5.74) is 3.82. The van der Waals surface area contributed by atoms with Crippen molar-refractivity contribution in [2.24, 2.45) is 0 Å². The Morgan fingerprint density at radius 3 is 2.41 bits per heavy atom. The van der Waals surface area contributed by atoms with Crippen LogP contribution in [0.3, 0.4) is 0 Å². The number of carbonyl (C=O) groups excluding carboxylic acids is 3. The standard InChI is InChI=1S/C34H46N6O3S/c1-10-24-14-12-23(21-35-24)26-19-25(13-11-22(26)2)36-32(43)37-29-27(20-28(44-29)33(3,4)5)30(41)40-18-17-39(16-15-38(8)9)31(42)34(40,6)7/h11-14,19-21H,10,15-18H2,1-9H3,(H2,36,37,43). The Morgan fingerprint density at radius 2 is 1.80 bits per heavy atom. The van der Waals surface area contributed by atoms with E-state index in [1.54, 1.807) is 18.7 Å². The van der Waals surface area contributed by atoms with Crippen LogP contribution in [-0.4, -0.2) is 83.3 Å². The Balaban J connectivity index is 1.57. The van der Waals surface area contributed by atoms with Crippen LogP contribution >= 0.6 is 11.3 Å². The van der Waals surface area contributed by atoms with E-state index in [4.69, 9.17) is 0 Å². The van der Waals surface area contributed by atoms with Crippen LogP contribution in [0.1, 0.15) is 68.0 Å². The Labute approximate surface area is 265 Å². The quantitative estimate of drug-likeness (QED) is 0.311. The van der Waals surface area contributed by atoms with Gasteiger partial charge in [0.25, 0.3) is 5.91 Å². The summed E-state index contributed by atoms with van der Waals surface area (Å²) in [5, 5.41) is 6.35. The molecule has 4 amide bonds. The third-order valence-electron chi connectivity index (χ3n) is 8.06. The number of carbonyl (C=O) groups is 3. The largest absolute Gasteiger partial charge is 0.338 e. The molecule has 3 aromatic rings. The number of anilines is 2. The second kappa shape index (κ2) is 13.1. The summed E-state index contributed by atoms with van der Waals surface area (Å²) in [4.78, 5) is 51.9. The number of piperazine rings is 1. The lowest BCUT2D eigenvalue weighted by molar-refractivity contribution is -0.146. The van der Waals surface area contributed by atoms with Gasteiger partial charge in [0.05, 0.1) is 5.56 Å². The topological polar surface area (TPSA) is 97.9 Å². The fraction of sp³-hybridized carbons (Fsp3) is 0.471. The van der Waals surface area contributed by atoms with Gasteiger partial charge in [-0.05, 0) is 82.1 Å². The number of aromatic nitrogens is 1. The van der Waals surface area contributed by atoms with Crippen LogP contribution in [0.25, 0.3) is 11.1 Å². The van der Waals surface area contributed by atoms with Gasteiger partial charge in [0.15, 0.2) is 0 Å². The van der Waals surface area contributed by atoms with E-state index in [2.05, 4.69) is 43.3 Å². The molecule has 236 valence electrons. The Morgan fingerprint density at radius 1 is 1.07 bits per heavy atom. The Bertz CT molecular complexity index is 1520. The summed E-state index contributed by atoms with van der Waals surface area (Å²) in [5.74, 6) is -0.342. The molecule has 9 nitrogen and oxygen atoms in total. The highest BCUT2D eigenvalue weighted by molar-refractivity contribution is 7.16. The number of amides is 4. The van der Waals surface area contributed by atoms with Gasteiger partial charge in [-0.15, -0.1) is 11.3 Å². The molecule has 0 radical (unpaired) electrons. The molecule has 0 spiro atoms. The van der Waals surface area contributed by atoms with Crippen molar-refractivity contribution >= 4 is 39.9 Å². The zero-order valence-corrected chi connectivity index (χ0v) is 28.3. The van der Waals surface area contributed by atoms with Gasteiger partial charge in [-0.2, -0.15) is 0 Å². The zero-order valence-electron chi connectivity index (χ0n) is 27.5. The van der Waals surface area contributed by atoms with Gasteiger partial charge in [-0.25, -0.2) is 4.79 Å². The summed E-state index contributed by atoms with van der Waals surface area (Å²) < 4.78 is 0. The van der Waals surface area contributed by atoms with Crippen LogP contribution in [-0.2, 0) is 16.6 Å². The van der Waals surface area contributed by atoms with Crippen molar-refractivity contribution in [1.82, 2.24) is 19.7 Å². The van der Waals surface area contributed by atoms with Crippen molar-refractivity contribution in [3.8, 4) is 11.1 Å². The fourth-order valence-electron chi connectivity index (χ4n) is 5.22. The number of urea groups is 1. The highest BCUT2D eigenvalue weighted by atomic mass is 32.1. The molecule has 3 heterocycles. The third kappa shape index (κ3) is 7.30. The van der Waals surface area contributed by atoms with Crippen LogP contribution in [0.2, 0.25) is 0 Å². The number of nitrogens with one attached hydrogen (secondary N) is 2. The van der Waals surface area contributed by atoms with Crippen molar-refractivity contribution in [3.05, 3.63) is 64.3 Å². The number of benzene rings is 1. The van der Waals surface area contributed by atoms with Gasteiger partial charge < -0.3 is 20.0 Å². The maximum atomic E-state index is 14.1. The number of likely N-dealkylation sites (N-methyl/N-ethyl adjacent to an activating group) is 1. The van der Waals surface area contributed by atoms with Crippen molar-refractivity contribution in [2.45, 2.75) is 65.8 Å². The van der Waals surface area contributed by atoms with Crippen LogP contribution in [0, 0.1) is 6.92 Å². The lowest BCUT2D eigenvalue weighted by Gasteiger charge is -2.46. The molecule has 0 atom stereocenters. The van der Waals surface area contributed by atoms with Crippen LogP contribution < -0.4 is 10.6 Å². The molecule has 0 bridgehead atoms. The van der Waals surface area contributed by atoms with Gasteiger partial charge in [0.1, 0.15) is 10.5 Å². The molecular formula is C34H46N6O3S. The molecule has 1 fully saturated rings. The Hall–Kier alpha value is -3.76. The minimum Gasteiger partial charge on any atom is -0.338 e. The van der Waals surface area contributed by atoms with Gasteiger partial charge >= 0.3 is 6.03 Å². The maximum absolute atomic E-state index is 14.1. The predicted molar refractivity (Wildman–Crippen MR) is 180 cm³/mol. The summed E-state index contributed by atoms with van der Waals surface area (Å²) in [7, 11) is 3.95. The molecule has 0 unspecified atom stereocenters. The van der Waals surface area contributed by atoms with Gasteiger partial charge in [0, 0.05) is 54.2 Å². The van der Waals surface area contributed by atoms with E-state index < -0.39 is 11.6 Å². The summed E-state index contributed by atoms with van der Waals surface area (Å²) >= 11 is 1.39. The fourth-order valence-corrected chi connectivity index (χ4v) is 6.32. The molecule has 1 saturated heterocycles. The second-order valence-electron chi connectivity index (χ2n) is 13.2. The Kier molecular flexibility index (Phi) is 9.85. The first-order chi connectivity index (χ1) is 20.6. The normalized spacial score (nSPS) is 15.1. The molecule has 1 aliphatic rings. The number of hydrogen-bond donors (Lipinski definition) is 2. The molecule has 44 heavy (non-hydrogen) atoms. The minimum atomic E-state index is -1.02. The first-order valence-corrected chi connectivity index (χ1v) is 16.0. The molecule has 4 rings (SSSR count). The second-order valence-corrected chi connectivity index (χ2v) is 14.3. The van der Waals surface area contributed by atoms with E-state index in [0.717, 1.165) is 40.2 Å². The van der Waals surface area contributed by atoms with E-state index in [9.17, 15) is 14.4 Å². The lowest BCUT2D eigenvalue weighted by Crippen LogP contribution is -2.65. The number of aryl methyl sites for hydroxylation is 2. The number of nitrogens with zero attached hydrogens (tertiary/aromatic N) is 4. The van der Waals surface area contributed by atoms with Crippen LogP contribution in [0.4, 0.5) is 15.5 Å². The third-order valence-corrected chi connectivity index (χ3v) is 9.54. The summed E-state index contributed by atoms with van der Waals surface area (Å²) in [6.45, 7) is 16.2. The lowest BCUT2D eigenvalue weighted by atomic mass is 9.93. The first-order valence-electron chi connectivity index (χ1n) is 15.2. The number of rotatable bonds is 8. The monoisotopic (exact) mass is 618 g/mol. The van der Waals surface area contributed by atoms with Crippen molar-refractivity contribution in [1.29, 1.82) is 0 Å². The molecule has 1 aliphatic heterocycles. The number of hydrogen-bond acceptors (Lipinski definition) is 6. The highest BCUT2D eigenvalue weighted by Gasteiger charge is 2.45. The molecule has 2 aromatic heterocycles. The molecular weight excluding hydrogens is 572 g/mol. The first kappa shape index (κ1) is 33.1. The maximum Gasteiger partial charge on any atom is 0.324 e. The van der Waals surface area contributed by atoms with Crippen LogP contribution in [0.15, 0.2) is 42.6 Å². The molecule has 0 aliphatic carbocycles. The van der Waals surface area contributed by atoms with Gasteiger partial charge in [-0.3, -0.25) is 19.9 Å². The van der Waals surface area contributed by atoms with E-state index in [1.165, 1.54) is 11.3 Å². The summed E-state index contributed by atoms with van der Waals surface area (Å²) in [6, 6.07) is 11.2. The van der Waals surface area contributed by atoms with E-state index >= 15 is 0 Å². The van der Waals surface area contributed by atoms with E-state index in [1.807, 2.05) is 73.4 Å². The number of thiophene rings is 1. The molecule has 1 aromatic carbocycles. The highest BCUT2D eigenvalue weighted by Crippen LogP contribution is 2.38. The zero-order chi connectivity index (χ0) is 32.4. The van der Waals surface area contributed by atoms with E-state index in [0.29, 0.717) is 35.9 Å². The van der Waals surface area contributed by atoms with E-state index in [-0.39, 0.29) is 17.2 Å². The van der Waals surface area contributed by atoms with Gasteiger partial charge in [0.2, 0.25) is 5.91 Å². The summed E-state index contributed by atoms with van der Waals surface area (Å²) in [6.07, 6.45) is 2.73. The molecule has 2 N–H and O–H groups in total. The van der Waals surface area contributed by atoms with Crippen LogP contribution in [0.5, 0.6) is 0 Å². The molecule has 0 saturated carbocycles. The van der Waals surface area contributed by atoms with Crippen molar-refractivity contribution in [3.63, 3.8) is 0 Å². The van der Waals surface area contributed by atoms with Crippen molar-refractivity contribution < 1.29 is 14.4 Å². The average Bonchev–Trinajstić information content (AvgIpc) is 3.39. The SMILES string of the molecule is CCc1ccc(-c2cc(NC(=O)Nc3sc(C(C)(C)C)cc3C(=O)N3CCN(CCN(C)C)C(=O)C3(C)C)ccc2C)cn1. The smallest absolute Gasteiger partial charge is 0.324 e. The van der Waals surface area contributed by atoms with Gasteiger partial charge in [-0.1, -0.05) is 39.8 Å². The molecule has 10 heteroatoms. The number of pyridine rings is 1. The predicted octanol–water partition coefficient (Wildman–Crippen LogP) is 6.25. The minimum absolute atomic E-state index is 0.0767.